The standard InChI is InChI=1S/C4H10O2S2.2C3H8O2S/c5-3(1-7)4(6)2-8;2*4-1-3(5)2-6/h3-8H,1-2H2;2*3-6H,1-2H2. The highest BCUT2D eigenvalue weighted by atomic mass is 32.1. The van der Waals surface area contributed by atoms with Crippen molar-refractivity contribution in [2.75, 3.05) is 36.2 Å². The third-order valence-electron chi connectivity index (χ3n) is 1.66. The molecule has 0 amide bonds. The van der Waals surface area contributed by atoms with E-state index in [0.717, 1.165) is 0 Å². The van der Waals surface area contributed by atoms with Crippen LogP contribution in [0.2, 0.25) is 0 Å². The van der Waals surface area contributed by atoms with Crippen LogP contribution in [0.25, 0.3) is 0 Å². The van der Waals surface area contributed by atoms with Crippen molar-refractivity contribution in [2.24, 2.45) is 0 Å². The minimum Gasteiger partial charge on any atom is -0.394 e. The molecule has 0 radical (unpaired) electrons. The van der Waals surface area contributed by atoms with E-state index < -0.39 is 24.4 Å². The number of hydrogen-bond donors (Lipinski definition) is 10. The molecular formula is C10H26O6S4. The van der Waals surface area contributed by atoms with Gasteiger partial charge in [0.1, 0.15) is 0 Å². The lowest BCUT2D eigenvalue weighted by Crippen LogP contribution is -2.28. The summed E-state index contributed by atoms with van der Waals surface area (Å²) in [7, 11) is 0. The van der Waals surface area contributed by atoms with Crippen molar-refractivity contribution in [1.82, 2.24) is 0 Å². The molecule has 0 rings (SSSR count). The predicted molar refractivity (Wildman–Crippen MR) is 93.6 cm³/mol. The van der Waals surface area contributed by atoms with E-state index in [2.05, 4.69) is 50.5 Å². The van der Waals surface area contributed by atoms with Crippen LogP contribution in [0.15, 0.2) is 0 Å². The molecule has 0 saturated carbocycles. The Hall–Kier alpha value is 1.16. The van der Waals surface area contributed by atoms with Gasteiger partial charge in [0.05, 0.1) is 37.6 Å². The summed E-state index contributed by atoms with van der Waals surface area (Å²) in [5.41, 5.74) is 0. The largest absolute Gasteiger partial charge is 0.394 e. The summed E-state index contributed by atoms with van der Waals surface area (Å²) in [5.74, 6) is 1.22. The minimum absolute atomic E-state index is 0.191. The van der Waals surface area contributed by atoms with E-state index in [9.17, 15) is 0 Å². The lowest BCUT2D eigenvalue weighted by Gasteiger charge is -2.11. The molecule has 6 N–H and O–H groups in total. The number of aliphatic hydroxyl groups excluding tert-OH is 6. The average molecular weight is 371 g/mol. The Morgan fingerprint density at radius 3 is 0.850 bits per heavy atom. The van der Waals surface area contributed by atoms with Crippen molar-refractivity contribution in [1.29, 1.82) is 0 Å². The van der Waals surface area contributed by atoms with E-state index in [0.29, 0.717) is 11.5 Å². The Morgan fingerprint density at radius 2 is 0.800 bits per heavy atom. The van der Waals surface area contributed by atoms with Crippen molar-refractivity contribution in [3.63, 3.8) is 0 Å². The summed E-state index contributed by atoms with van der Waals surface area (Å²) in [6.07, 6.45) is -2.77. The third kappa shape index (κ3) is 21.5. The molecular weight excluding hydrogens is 344 g/mol. The number of rotatable bonds is 7. The zero-order valence-electron chi connectivity index (χ0n) is 11.0. The van der Waals surface area contributed by atoms with E-state index in [1.807, 2.05) is 0 Å². The van der Waals surface area contributed by atoms with Crippen LogP contribution in [-0.2, 0) is 0 Å². The number of aliphatic hydroxyl groups is 6. The fraction of sp³-hybridized carbons (Fsp3) is 1.00. The Kier molecular flexibility index (Phi) is 26.3. The van der Waals surface area contributed by atoms with E-state index in [-0.39, 0.29) is 24.7 Å². The van der Waals surface area contributed by atoms with Gasteiger partial charge < -0.3 is 30.6 Å². The molecule has 6 nitrogen and oxygen atoms in total. The van der Waals surface area contributed by atoms with Gasteiger partial charge in [-0.3, -0.25) is 0 Å². The molecule has 0 spiro atoms. The quantitative estimate of drug-likeness (QED) is 0.239. The SMILES string of the molecule is OC(CS)C(O)CS.OCC(O)CS.OCC(O)CS. The monoisotopic (exact) mass is 370 g/mol. The van der Waals surface area contributed by atoms with Crippen molar-refractivity contribution < 1.29 is 30.6 Å². The van der Waals surface area contributed by atoms with Crippen LogP contribution in [0.4, 0.5) is 0 Å². The van der Waals surface area contributed by atoms with Crippen LogP contribution < -0.4 is 0 Å². The van der Waals surface area contributed by atoms with Gasteiger partial charge in [-0.15, -0.1) is 0 Å². The second-order valence-corrected chi connectivity index (χ2v) is 5.00. The average Bonchev–Trinajstić information content (AvgIpc) is 2.52. The third-order valence-corrected chi connectivity index (χ3v) is 3.25. The van der Waals surface area contributed by atoms with E-state index in [1.165, 1.54) is 0 Å². The van der Waals surface area contributed by atoms with Crippen molar-refractivity contribution >= 4 is 50.5 Å². The van der Waals surface area contributed by atoms with Gasteiger partial charge in [0, 0.05) is 23.0 Å². The smallest absolute Gasteiger partial charge is 0.0894 e. The maximum Gasteiger partial charge on any atom is 0.0894 e. The molecule has 0 aliphatic rings. The molecule has 0 saturated heterocycles. The Balaban J connectivity index is -0.000000221. The Bertz CT molecular complexity index is 154. The van der Waals surface area contributed by atoms with Crippen LogP contribution in [0.1, 0.15) is 0 Å². The molecule has 0 aromatic heterocycles. The number of thiol groups is 4. The van der Waals surface area contributed by atoms with Crippen molar-refractivity contribution in [2.45, 2.75) is 24.4 Å². The second kappa shape index (κ2) is 20.2. The Morgan fingerprint density at radius 1 is 0.550 bits per heavy atom. The van der Waals surface area contributed by atoms with Gasteiger partial charge in [-0.2, -0.15) is 50.5 Å². The summed E-state index contributed by atoms with van der Waals surface area (Å²) in [4.78, 5) is 0. The molecule has 20 heavy (non-hydrogen) atoms. The summed E-state index contributed by atoms with van der Waals surface area (Å²) in [6.45, 7) is -0.382. The van der Waals surface area contributed by atoms with Gasteiger partial charge in [-0.25, -0.2) is 0 Å². The summed E-state index contributed by atoms with van der Waals surface area (Å²) in [6, 6.07) is 0. The van der Waals surface area contributed by atoms with Gasteiger partial charge in [0.25, 0.3) is 0 Å². The molecule has 4 atom stereocenters. The van der Waals surface area contributed by atoms with Gasteiger partial charge in [0.15, 0.2) is 0 Å². The number of hydrogen-bond acceptors (Lipinski definition) is 10. The molecule has 4 unspecified atom stereocenters. The van der Waals surface area contributed by atoms with Crippen LogP contribution in [-0.4, -0.2) is 91.3 Å². The molecule has 0 aliphatic carbocycles. The van der Waals surface area contributed by atoms with E-state index in [4.69, 9.17) is 30.6 Å². The molecule has 0 fully saturated rings. The maximum absolute atomic E-state index is 8.75. The first-order chi connectivity index (χ1) is 9.33. The normalized spacial score (nSPS) is 15.9. The van der Waals surface area contributed by atoms with Crippen molar-refractivity contribution in [3.05, 3.63) is 0 Å². The van der Waals surface area contributed by atoms with E-state index >= 15 is 0 Å². The summed E-state index contributed by atoms with van der Waals surface area (Å²) in [5, 5.41) is 50.3. The van der Waals surface area contributed by atoms with Gasteiger partial charge in [-0.1, -0.05) is 0 Å². The highest BCUT2D eigenvalue weighted by Crippen LogP contribution is 1.96. The highest BCUT2D eigenvalue weighted by molar-refractivity contribution is 7.80. The first-order valence-electron chi connectivity index (χ1n) is 5.71. The molecule has 0 heterocycles. The lowest BCUT2D eigenvalue weighted by molar-refractivity contribution is 0.0504. The zero-order chi connectivity index (χ0) is 16.6. The topological polar surface area (TPSA) is 121 Å². The maximum atomic E-state index is 8.75. The van der Waals surface area contributed by atoms with Gasteiger partial charge in [0.2, 0.25) is 0 Å². The van der Waals surface area contributed by atoms with Crippen LogP contribution in [0, 0.1) is 0 Å². The molecule has 0 aromatic rings. The first-order valence-corrected chi connectivity index (χ1v) is 8.24. The van der Waals surface area contributed by atoms with Crippen LogP contribution in [0.5, 0.6) is 0 Å². The van der Waals surface area contributed by atoms with Gasteiger partial charge in [-0.05, 0) is 0 Å². The molecule has 0 aromatic carbocycles. The fourth-order valence-electron chi connectivity index (χ4n) is 0.359. The summed E-state index contributed by atoms with van der Waals surface area (Å²) < 4.78 is 0. The molecule has 10 heteroatoms. The fourth-order valence-corrected chi connectivity index (χ4v) is 1.08. The van der Waals surface area contributed by atoms with Crippen LogP contribution in [0.3, 0.4) is 0 Å². The molecule has 0 aliphatic heterocycles. The second-order valence-electron chi connectivity index (χ2n) is 3.54. The van der Waals surface area contributed by atoms with E-state index in [1.54, 1.807) is 0 Å². The molecule has 126 valence electrons. The predicted octanol–water partition coefficient (Wildman–Crippen LogP) is -1.89. The summed E-state index contributed by atoms with van der Waals surface area (Å²) >= 11 is 14.9. The molecule has 0 bridgehead atoms. The zero-order valence-corrected chi connectivity index (χ0v) is 14.6. The highest BCUT2D eigenvalue weighted by Gasteiger charge is 2.10. The lowest BCUT2D eigenvalue weighted by atomic mass is 10.3. The van der Waals surface area contributed by atoms with Crippen molar-refractivity contribution in [3.8, 4) is 0 Å². The van der Waals surface area contributed by atoms with Crippen LogP contribution >= 0.6 is 50.5 Å². The first kappa shape index (κ1) is 26.1. The van der Waals surface area contributed by atoms with Gasteiger partial charge >= 0.3 is 0 Å². The minimum atomic E-state index is -0.740. The Labute approximate surface area is 141 Å².